The maximum atomic E-state index is 11.9. The van der Waals surface area contributed by atoms with Crippen LogP contribution in [0, 0.1) is 0 Å². The summed E-state index contributed by atoms with van der Waals surface area (Å²) in [4.78, 5) is 30.4. The van der Waals surface area contributed by atoms with E-state index in [1.165, 1.54) is 24.5 Å². The van der Waals surface area contributed by atoms with Gasteiger partial charge in [0.05, 0.1) is 18.0 Å². The molecule has 0 saturated heterocycles. The number of carboxylic acids is 1. The number of hydrogen-bond donors (Lipinski definition) is 2. The van der Waals surface area contributed by atoms with Crippen LogP contribution in [0.5, 0.6) is 0 Å². The Morgan fingerprint density at radius 2 is 2.00 bits per heavy atom. The molecule has 20 heavy (non-hydrogen) atoms. The summed E-state index contributed by atoms with van der Waals surface area (Å²) >= 11 is 8.69. The van der Waals surface area contributed by atoms with Crippen LogP contribution in [0.3, 0.4) is 0 Å². The first-order valence-corrected chi connectivity index (χ1v) is 6.46. The van der Waals surface area contributed by atoms with E-state index in [0.29, 0.717) is 10.2 Å². The molecule has 0 saturated carbocycles. The molecule has 1 aromatic carbocycles. The lowest BCUT2D eigenvalue weighted by Gasteiger charge is -2.06. The van der Waals surface area contributed by atoms with Gasteiger partial charge in [-0.05, 0) is 34.1 Å². The van der Waals surface area contributed by atoms with Crippen molar-refractivity contribution in [3.8, 4) is 0 Å². The van der Waals surface area contributed by atoms with Gasteiger partial charge in [-0.3, -0.25) is 4.79 Å². The average Bonchev–Trinajstić information content (AvgIpc) is 2.41. The first-order chi connectivity index (χ1) is 9.47. The summed E-state index contributed by atoms with van der Waals surface area (Å²) in [5, 5.41) is 11.7. The van der Waals surface area contributed by atoms with E-state index in [2.05, 4.69) is 31.2 Å². The van der Waals surface area contributed by atoms with Gasteiger partial charge in [0.2, 0.25) is 0 Å². The van der Waals surface area contributed by atoms with Crippen LogP contribution < -0.4 is 5.32 Å². The number of carbonyl (C=O) groups excluding carboxylic acids is 1. The highest BCUT2D eigenvalue weighted by molar-refractivity contribution is 9.10. The second kappa shape index (κ2) is 5.98. The predicted molar refractivity (Wildman–Crippen MR) is 76.1 cm³/mol. The Morgan fingerprint density at radius 1 is 1.25 bits per heavy atom. The second-order valence-corrected chi connectivity index (χ2v) is 4.92. The predicted octanol–water partition coefficient (Wildman–Crippen LogP) is 2.84. The second-order valence-electron chi connectivity index (χ2n) is 3.68. The fraction of sp³-hybridized carbons (Fsp3) is 0. The Hall–Kier alpha value is -1.99. The lowest BCUT2D eigenvalue weighted by Crippen LogP contribution is -2.14. The summed E-state index contributed by atoms with van der Waals surface area (Å²) in [7, 11) is 0. The van der Waals surface area contributed by atoms with Crippen molar-refractivity contribution in [2.24, 2.45) is 0 Å². The van der Waals surface area contributed by atoms with Crippen molar-refractivity contribution in [1.82, 2.24) is 9.97 Å². The zero-order chi connectivity index (χ0) is 14.7. The molecule has 2 rings (SSSR count). The SMILES string of the molecule is O=C(Nc1ccc(Br)c(C(=O)O)c1)c1cnc(Cl)cn1. The Labute approximate surface area is 126 Å². The molecule has 2 aromatic rings. The van der Waals surface area contributed by atoms with Crippen LogP contribution in [0.1, 0.15) is 20.8 Å². The van der Waals surface area contributed by atoms with Crippen molar-refractivity contribution >= 4 is 45.1 Å². The van der Waals surface area contributed by atoms with Crippen LogP contribution in [-0.2, 0) is 0 Å². The normalized spacial score (nSPS) is 10.1. The molecule has 0 spiro atoms. The van der Waals surface area contributed by atoms with E-state index in [4.69, 9.17) is 16.7 Å². The number of hydrogen-bond acceptors (Lipinski definition) is 4. The van der Waals surface area contributed by atoms with E-state index in [1.54, 1.807) is 6.07 Å². The Bertz CT molecular complexity index is 676. The molecule has 2 N–H and O–H groups in total. The molecule has 1 amide bonds. The minimum atomic E-state index is -1.10. The summed E-state index contributed by atoms with van der Waals surface area (Å²) in [5.41, 5.74) is 0.464. The number of nitrogens with zero attached hydrogens (tertiary/aromatic N) is 2. The lowest BCUT2D eigenvalue weighted by atomic mass is 10.2. The maximum Gasteiger partial charge on any atom is 0.336 e. The van der Waals surface area contributed by atoms with Crippen LogP contribution in [0.2, 0.25) is 5.15 Å². The molecule has 1 heterocycles. The van der Waals surface area contributed by atoms with Crippen molar-refractivity contribution in [3.05, 3.63) is 51.5 Å². The number of aromatic carboxylic acids is 1. The molecule has 0 fully saturated rings. The number of benzene rings is 1. The van der Waals surface area contributed by atoms with Crippen LogP contribution in [0.25, 0.3) is 0 Å². The van der Waals surface area contributed by atoms with Crippen LogP contribution in [0.15, 0.2) is 35.1 Å². The molecular formula is C12H7BrClN3O3. The zero-order valence-corrected chi connectivity index (χ0v) is 12.1. The van der Waals surface area contributed by atoms with E-state index in [1.807, 2.05) is 0 Å². The summed E-state index contributed by atoms with van der Waals surface area (Å²) < 4.78 is 0.425. The number of rotatable bonds is 3. The molecule has 0 radical (unpaired) electrons. The number of amides is 1. The van der Waals surface area contributed by atoms with Crippen molar-refractivity contribution in [2.75, 3.05) is 5.32 Å². The van der Waals surface area contributed by atoms with Gasteiger partial charge in [0.25, 0.3) is 5.91 Å². The zero-order valence-electron chi connectivity index (χ0n) is 9.80. The molecule has 0 aliphatic rings. The van der Waals surface area contributed by atoms with Gasteiger partial charge in [-0.15, -0.1) is 0 Å². The number of carboxylic acid groups (broad SMARTS) is 1. The highest BCUT2D eigenvalue weighted by Gasteiger charge is 2.12. The quantitative estimate of drug-likeness (QED) is 0.882. The lowest BCUT2D eigenvalue weighted by molar-refractivity contribution is 0.0695. The number of nitrogens with one attached hydrogen (secondary N) is 1. The molecule has 0 bridgehead atoms. The standard InChI is InChI=1S/C12H7BrClN3O3/c13-8-2-1-6(3-7(8)12(19)20)17-11(18)9-4-16-10(14)5-15-9/h1-5H,(H,17,18)(H,19,20). The van der Waals surface area contributed by atoms with Gasteiger partial charge in [0.15, 0.2) is 0 Å². The molecule has 102 valence electrons. The largest absolute Gasteiger partial charge is 0.478 e. The maximum absolute atomic E-state index is 11.9. The van der Waals surface area contributed by atoms with Crippen molar-refractivity contribution < 1.29 is 14.7 Å². The summed E-state index contributed by atoms with van der Waals surface area (Å²) in [5.74, 6) is -1.60. The highest BCUT2D eigenvalue weighted by atomic mass is 79.9. The third-order valence-electron chi connectivity index (χ3n) is 2.31. The minimum Gasteiger partial charge on any atom is -0.478 e. The summed E-state index contributed by atoms with van der Waals surface area (Å²) in [6.07, 6.45) is 2.48. The number of anilines is 1. The first-order valence-electron chi connectivity index (χ1n) is 5.29. The fourth-order valence-corrected chi connectivity index (χ4v) is 1.91. The minimum absolute atomic E-state index is 0.0463. The molecule has 8 heteroatoms. The van der Waals surface area contributed by atoms with Gasteiger partial charge in [-0.2, -0.15) is 0 Å². The first kappa shape index (κ1) is 14.4. The van der Waals surface area contributed by atoms with E-state index in [0.717, 1.165) is 0 Å². The van der Waals surface area contributed by atoms with Crippen molar-refractivity contribution in [2.45, 2.75) is 0 Å². The molecule has 0 unspecified atom stereocenters. The van der Waals surface area contributed by atoms with Gasteiger partial charge in [0, 0.05) is 10.2 Å². The Morgan fingerprint density at radius 3 is 2.60 bits per heavy atom. The topological polar surface area (TPSA) is 92.2 Å². The highest BCUT2D eigenvalue weighted by Crippen LogP contribution is 2.21. The van der Waals surface area contributed by atoms with Crippen LogP contribution >= 0.6 is 27.5 Å². The van der Waals surface area contributed by atoms with Crippen molar-refractivity contribution in [1.29, 1.82) is 0 Å². The van der Waals surface area contributed by atoms with E-state index in [9.17, 15) is 9.59 Å². The number of halogens is 2. The molecule has 0 atom stereocenters. The third-order valence-corrected chi connectivity index (χ3v) is 3.19. The van der Waals surface area contributed by atoms with Crippen LogP contribution in [-0.4, -0.2) is 27.0 Å². The molecule has 6 nitrogen and oxygen atoms in total. The monoisotopic (exact) mass is 355 g/mol. The van der Waals surface area contributed by atoms with Gasteiger partial charge < -0.3 is 10.4 Å². The van der Waals surface area contributed by atoms with E-state index >= 15 is 0 Å². The van der Waals surface area contributed by atoms with E-state index in [-0.39, 0.29) is 16.4 Å². The van der Waals surface area contributed by atoms with Crippen molar-refractivity contribution in [3.63, 3.8) is 0 Å². The number of carbonyl (C=O) groups is 2. The van der Waals surface area contributed by atoms with Gasteiger partial charge >= 0.3 is 5.97 Å². The van der Waals surface area contributed by atoms with Gasteiger partial charge in [-0.25, -0.2) is 14.8 Å². The molecular weight excluding hydrogens is 350 g/mol. The fourth-order valence-electron chi connectivity index (χ4n) is 1.39. The molecule has 0 aliphatic heterocycles. The number of aromatic nitrogens is 2. The van der Waals surface area contributed by atoms with Gasteiger partial charge in [0.1, 0.15) is 10.8 Å². The Kier molecular flexibility index (Phi) is 4.31. The van der Waals surface area contributed by atoms with E-state index < -0.39 is 11.9 Å². The Balaban J connectivity index is 2.21. The van der Waals surface area contributed by atoms with Gasteiger partial charge in [-0.1, -0.05) is 11.6 Å². The summed E-state index contributed by atoms with van der Waals surface area (Å²) in [6.45, 7) is 0. The molecule has 1 aromatic heterocycles. The average molecular weight is 357 g/mol. The van der Waals surface area contributed by atoms with Crippen LogP contribution in [0.4, 0.5) is 5.69 Å². The smallest absolute Gasteiger partial charge is 0.336 e. The molecule has 0 aliphatic carbocycles. The summed E-state index contributed by atoms with van der Waals surface area (Å²) in [6, 6.07) is 4.44. The third kappa shape index (κ3) is 3.31.